The van der Waals surface area contributed by atoms with Gasteiger partial charge in [0.15, 0.2) is 0 Å². The maximum atomic E-state index is 11.9. The SMILES string of the molecule is CN(CC(=O)NC1CCCC1)CC1(O)CCCC1. The minimum Gasteiger partial charge on any atom is -0.389 e. The van der Waals surface area contributed by atoms with E-state index < -0.39 is 5.60 Å². The molecule has 2 fully saturated rings. The quantitative estimate of drug-likeness (QED) is 0.777. The van der Waals surface area contributed by atoms with E-state index in [4.69, 9.17) is 0 Å². The number of nitrogens with zero attached hydrogens (tertiary/aromatic N) is 1. The van der Waals surface area contributed by atoms with Gasteiger partial charge in [0.25, 0.3) is 0 Å². The Hall–Kier alpha value is -0.610. The van der Waals surface area contributed by atoms with Gasteiger partial charge in [-0.05, 0) is 32.7 Å². The van der Waals surface area contributed by atoms with Gasteiger partial charge in [0.2, 0.25) is 5.91 Å². The third-order valence-electron chi connectivity index (χ3n) is 4.23. The molecule has 0 atom stereocenters. The Labute approximate surface area is 110 Å². The van der Waals surface area contributed by atoms with Gasteiger partial charge in [-0.25, -0.2) is 0 Å². The Bertz CT molecular complexity index is 282. The summed E-state index contributed by atoms with van der Waals surface area (Å²) >= 11 is 0. The fourth-order valence-electron chi connectivity index (χ4n) is 3.34. The van der Waals surface area contributed by atoms with Gasteiger partial charge in [-0.15, -0.1) is 0 Å². The highest BCUT2D eigenvalue weighted by Gasteiger charge is 2.32. The number of hydrogen-bond donors (Lipinski definition) is 2. The van der Waals surface area contributed by atoms with Crippen LogP contribution in [0.3, 0.4) is 0 Å². The average molecular weight is 254 g/mol. The van der Waals surface area contributed by atoms with Crippen molar-refractivity contribution in [1.29, 1.82) is 0 Å². The molecule has 0 radical (unpaired) electrons. The van der Waals surface area contributed by atoms with E-state index in [-0.39, 0.29) is 5.91 Å². The standard InChI is InChI=1S/C14H26N2O2/c1-16(11-14(18)8-4-5-9-14)10-13(17)15-12-6-2-3-7-12/h12,18H,2-11H2,1H3,(H,15,17). The summed E-state index contributed by atoms with van der Waals surface area (Å²) in [5, 5.41) is 13.4. The zero-order valence-electron chi connectivity index (χ0n) is 11.5. The highest BCUT2D eigenvalue weighted by atomic mass is 16.3. The third-order valence-corrected chi connectivity index (χ3v) is 4.23. The minimum atomic E-state index is -0.553. The van der Waals surface area contributed by atoms with Crippen molar-refractivity contribution in [3.63, 3.8) is 0 Å². The van der Waals surface area contributed by atoms with Gasteiger partial charge in [-0.2, -0.15) is 0 Å². The van der Waals surface area contributed by atoms with Gasteiger partial charge < -0.3 is 10.4 Å². The van der Waals surface area contributed by atoms with Gasteiger partial charge >= 0.3 is 0 Å². The molecule has 0 aromatic rings. The van der Waals surface area contributed by atoms with Crippen LogP contribution < -0.4 is 5.32 Å². The molecule has 0 saturated heterocycles. The lowest BCUT2D eigenvalue weighted by molar-refractivity contribution is -0.123. The number of hydrogen-bond acceptors (Lipinski definition) is 3. The van der Waals surface area contributed by atoms with E-state index in [0.29, 0.717) is 19.1 Å². The van der Waals surface area contributed by atoms with E-state index in [1.807, 2.05) is 11.9 Å². The summed E-state index contributed by atoms with van der Waals surface area (Å²) in [4.78, 5) is 13.8. The molecule has 0 heterocycles. The number of carbonyl (C=O) groups is 1. The van der Waals surface area contributed by atoms with Crippen LogP contribution in [0.25, 0.3) is 0 Å². The van der Waals surface area contributed by atoms with Gasteiger partial charge in [0.1, 0.15) is 0 Å². The molecular formula is C14H26N2O2. The van der Waals surface area contributed by atoms with Crippen molar-refractivity contribution < 1.29 is 9.90 Å². The van der Waals surface area contributed by atoms with Crippen molar-refractivity contribution in [2.24, 2.45) is 0 Å². The van der Waals surface area contributed by atoms with E-state index in [2.05, 4.69) is 5.32 Å². The normalized spacial score (nSPS) is 23.7. The van der Waals surface area contributed by atoms with Crippen LogP contribution in [-0.2, 0) is 4.79 Å². The Morgan fingerprint density at radius 3 is 2.50 bits per heavy atom. The Morgan fingerprint density at radius 2 is 1.89 bits per heavy atom. The van der Waals surface area contributed by atoms with E-state index >= 15 is 0 Å². The smallest absolute Gasteiger partial charge is 0.234 e. The van der Waals surface area contributed by atoms with Crippen molar-refractivity contribution in [2.45, 2.75) is 63.0 Å². The summed E-state index contributed by atoms with van der Waals surface area (Å²) in [7, 11) is 1.92. The monoisotopic (exact) mass is 254 g/mol. The number of likely N-dealkylation sites (N-methyl/N-ethyl adjacent to an activating group) is 1. The third kappa shape index (κ3) is 3.95. The molecule has 2 saturated carbocycles. The summed E-state index contributed by atoms with van der Waals surface area (Å²) in [6.45, 7) is 1.02. The van der Waals surface area contributed by atoms with Crippen LogP contribution in [-0.4, -0.2) is 47.7 Å². The average Bonchev–Trinajstić information content (AvgIpc) is 2.89. The van der Waals surface area contributed by atoms with Gasteiger partial charge in [0, 0.05) is 12.6 Å². The van der Waals surface area contributed by atoms with Gasteiger partial charge in [0.05, 0.1) is 12.1 Å². The molecule has 0 spiro atoms. The predicted molar refractivity (Wildman–Crippen MR) is 71.3 cm³/mol. The molecular weight excluding hydrogens is 228 g/mol. The molecule has 4 nitrogen and oxygen atoms in total. The lowest BCUT2D eigenvalue weighted by Crippen LogP contribution is -2.45. The minimum absolute atomic E-state index is 0.103. The molecule has 4 heteroatoms. The molecule has 2 aliphatic carbocycles. The second-order valence-corrected chi connectivity index (χ2v) is 6.15. The maximum Gasteiger partial charge on any atom is 0.234 e. The van der Waals surface area contributed by atoms with Gasteiger partial charge in [-0.3, -0.25) is 9.69 Å². The van der Waals surface area contributed by atoms with Crippen molar-refractivity contribution in [2.75, 3.05) is 20.1 Å². The molecule has 2 rings (SSSR count). The number of rotatable bonds is 5. The number of nitrogens with one attached hydrogen (secondary N) is 1. The van der Waals surface area contributed by atoms with Crippen LogP contribution in [0.5, 0.6) is 0 Å². The molecule has 0 bridgehead atoms. The molecule has 0 aromatic heterocycles. The first-order valence-corrected chi connectivity index (χ1v) is 7.28. The summed E-state index contributed by atoms with van der Waals surface area (Å²) < 4.78 is 0. The van der Waals surface area contributed by atoms with Gasteiger partial charge in [-0.1, -0.05) is 25.7 Å². The summed E-state index contributed by atoms with van der Waals surface area (Å²) in [6, 6.07) is 0.389. The fraction of sp³-hybridized carbons (Fsp3) is 0.929. The molecule has 18 heavy (non-hydrogen) atoms. The first-order valence-electron chi connectivity index (χ1n) is 7.28. The number of amides is 1. The fourth-order valence-corrected chi connectivity index (χ4v) is 3.34. The predicted octanol–water partition coefficient (Wildman–Crippen LogP) is 1.28. The first kappa shape index (κ1) is 13.8. The van der Waals surface area contributed by atoms with E-state index in [9.17, 15) is 9.90 Å². The second kappa shape index (κ2) is 6.02. The highest BCUT2D eigenvalue weighted by Crippen LogP contribution is 2.29. The van der Waals surface area contributed by atoms with Crippen molar-refractivity contribution >= 4 is 5.91 Å². The van der Waals surface area contributed by atoms with Crippen LogP contribution in [0, 0.1) is 0 Å². The van der Waals surface area contributed by atoms with Crippen LogP contribution in [0.4, 0.5) is 0 Å². The zero-order chi connectivity index (χ0) is 13.0. The Morgan fingerprint density at radius 1 is 1.28 bits per heavy atom. The Kier molecular flexibility index (Phi) is 4.62. The lowest BCUT2D eigenvalue weighted by Gasteiger charge is -2.28. The van der Waals surface area contributed by atoms with Crippen molar-refractivity contribution in [3.05, 3.63) is 0 Å². The van der Waals surface area contributed by atoms with E-state index in [1.54, 1.807) is 0 Å². The second-order valence-electron chi connectivity index (χ2n) is 6.15. The maximum absolute atomic E-state index is 11.9. The number of carbonyl (C=O) groups excluding carboxylic acids is 1. The highest BCUT2D eigenvalue weighted by molar-refractivity contribution is 5.78. The summed E-state index contributed by atoms with van der Waals surface area (Å²) in [6.07, 6.45) is 8.69. The lowest BCUT2D eigenvalue weighted by atomic mass is 10.0. The Balaban J connectivity index is 1.69. The largest absolute Gasteiger partial charge is 0.389 e. The molecule has 104 valence electrons. The molecule has 0 aliphatic heterocycles. The molecule has 2 aliphatic rings. The van der Waals surface area contributed by atoms with Crippen LogP contribution in [0.15, 0.2) is 0 Å². The number of aliphatic hydroxyl groups is 1. The van der Waals surface area contributed by atoms with Crippen molar-refractivity contribution in [1.82, 2.24) is 10.2 Å². The van der Waals surface area contributed by atoms with E-state index in [0.717, 1.165) is 38.5 Å². The molecule has 1 amide bonds. The summed E-state index contributed by atoms with van der Waals surface area (Å²) in [5.74, 6) is 0.103. The molecule has 0 unspecified atom stereocenters. The summed E-state index contributed by atoms with van der Waals surface area (Å²) in [5.41, 5.74) is -0.553. The zero-order valence-corrected chi connectivity index (χ0v) is 11.5. The molecule has 2 N–H and O–H groups in total. The van der Waals surface area contributed by atoms with Crippen LogP contribution >= 0.6 is 0 Å². The van der Waals surface area contributed by atoms with Crippen molar-refractivity contribution in [3.8, 4) is 0 Å². The van der Waals surface area contributed by atoms with E-state index in [1.165, 1.54) is 12.8 Å². The van der Waals surface area contributed by atoms with Crippen LogP contribution in [0.1, 0.15) is 51.4 Å². The van der Waals surface area contributed by atoms with Crippen LogP contribution in [0.2, 0.25) is 0 Å². The first-order chi connectivity index (χ1) is 8.57. The topological polar surface area (TPSA) is 52.6 Å². The molecule has 0 aromatic carbocycles.